The normalized spacial score (nSPS) is 25.4. The van der Waals surface area contributed by atoms with E-state index in [1.54, 1.807) is 0 Å². The van der Waals surface area contributed by atoms with Crippen LogP contribution in [0.3, 0.4) is 0 Å². The zero-order valence-corrected chi connectivity index (χ0v) is 18.4. The van der Waals surface area contributed by atoms with Crippen molar-refractivity contribution in [3.05, 3.63) is 75.8 Å². The van der Waals surface area contributed by atoms with Crippen molar-refractivity contribution in [1.29, 1.82) is 0 Å². The van der Waals surface area contributed by atoms with Gasteiger partial charge >= 0.3 is 11.9 Å². The molecule has 0 amide bonds. The molecule has 4 rings (SSSR count). The Morgan fingerprint density at radius 2 is 1.97 bits per heavy atom. The molecule has 2 aliphatic rings. The number of aliphatic hydroxyl groups is 2. The molecule has 2 aromatic carbocycles. The van der Waals surface area contributed by atoms with E-state index >= 15 is 0 Å². The second-order valence-corrected chi connectivity index (χ2v) is 8.92. The lowest BCUT2D eigenvalue weighted by Crippen LogP contribution is -2.31. The fraction of sp³-hybridized carbons (Fsp3) is 0.375. The number of hydrogen-bond donors (Lipinski definition) is 3. The minimum Gasteiger partial charge on any atom is -0.487 e. The number of halogens is 5. The molecule has 1 unspecified atom stereocenters. The molecule has 0 aromatic heterocycles. The van der Waals surface area contributed by atoms with Crippen LogP contribution in [0.25, 0.3) is 0 Å². The van der Waals surface area contributed by atoms with E-state index in [-0.39, 0.29) is 12.2 Å². The largest absolute Gasteiger partial charge is 0.487 e. The first-order valence-corrected chi connectivity index (χ1v) is 11.0. The summed E-state index contributed by atoms with van der Waals surface area (Å²) in [4.78, 5) is 11.2. The van der Waals surface area contributed by atoms with Gasteiger partial charge in [-0.25, -0.2) is 13.6 Å². The summed E-state index contributed by atoms with van der Waals surface area (Å²) in [6.07, 6.45) is -1.34. The Bertz CT molecular complexity index is 1120. The molecule has 182 valence electrons. The molecule has 1 aliphatic carbocycles. The third kappa shape index (κ3) is 4.28. The molecule has 34 heavy (non-hydrogen) atoms. The van der Waals surface area contributed by atoms with Gasteiger partial charge in [-0.15, -0.1) is 0 Å². The van der Waals surface area contributed by atoms with Crippen LogP contribution < -0.4 is 4.74 Å². The van der Waals surface area contributed by atoms with Crippen LogP contribution in [0.15, 0.2) is 42.5 Å². The number of carbonyl (C=O) groups is 1. The van der Waals surface area contributed by atoms with Gasteiger partial charge < -0.3 is 20.1 Å². The summed E-state index contributed by atoms with van der Waals surface area (Å²) in [6, 6.07) is 5.68. The number of aromatic carboxylic acids is 1. The molecule has 10 heteroatoms. The highest BCUT2D eigenvalue weighted by molar-refractivity contribution is 6.31. The van der Waals surface area contributed by atoms with Crippen LogP contribution in [-0.4, -0.2) is 39.6 Å². The highest BCUT2D eigenvalue weighted by atomic mass is 35.5. The fourth-order valence-corrected chi connectivity index (χ4v) is 5.05. The molecule has 3 N–H and O–H groups in total. The zero-order valence-electron chi connectivity index (χ0n) is 17.6. The number of aliphatic hydroxyl groups excluding tert-OH is 2. The lowest BCUT2D eigenvalue weighted by molar-refractivity contribution is -0.0952. The van der Waals surface area contributed by atoms with Gasteiger partial charge in [0.1, 0.15) is 18.0 Å². The van der Waals surface area contributed by atoms with Crippen LogP contribution in [0.4, 0.5) is 17.6 Å². The third-order valence-corrected chi connectivity index (χ3v) is 6.81. The Hall–Kier alpha value is -2.62. The average Bonchev–Trinajstić information content (AvgIpc) is 2.93. The van der Waals surface area contributed by atoms with Crippen LogP contribution in [0, 0.1) is 23.5 Å². The minimum atomic E-state index is -4.03. The molecular formula is C24H21ClF4O5. The fourth-order valence-electron chi connectivity index (χ4n) is 4.77. The number of benzene rings is 2. The standard InChI is InChI=1S/C24H21ClF4O5/c25-15-2-1-3-16(26)20(15)24(28,29)19(31)9-8-12-13-6-4-11-5-7-14(23(32)33)21(27)22(11)34-18(13)10-17(12)30/h1-3,5,7-9,12-13,17-19,30-31H,4,6,10H2,(H,32,33)/b9-8+/t12-,13-,17-,18+,19?/m1/s1. The average molecular weight is 501 g/mol. The first-order chi connectivity index (χ1) is 16.0. The Morgan fingerprint density at radius 3 is 2.65 bits per heavy atom. The molecule has 1 saturated carbocycles. The van der Waals surface area contributed by atoms with E-state index < -0.39 is 69.8 Å². The van der Waals surface area contributed by atoms with Crippen LogP contribution in [0.2, 0.25) is 5.02 Å². The quantitative estimate of drug-likeness (QED) is 0.409. The topological polar surface area (TPSA) is 87.0 Å². The zero-order chi connectivity index (χ0) is 24.8. The van der Waals surface area contributed by atoms with E-state index in [4.69, 9.17) is 21.4 Å². The lowest BCUT2D eigenvalue weighted by Gasteiger charge is -2.24. The van der Waals surface area contributed by atoms with E-state index in [9.17, 15) is 32.6 Å². The Balaban J connectivity index is 1.56. The maximum atomic E-state index is 14.8. The van der Waals surface area contributed by atoms with E-state index in [1.165, 1.54) is 18.2 Å². The molecule has 0 spiro atoms. The predicted octanol–water partition coefficient (Wildman–Crippen LogP) is 4.72. The smallest absolute Gasteiger partial charge is 0.338 e. The van der Waals surface area contributed by atoms with Gasteiger partial charge in [0.15, 0.2) is 11.6 Å². The summed E-state index contributed by atoms with van der Waals surface area (Å²) in [6.45, 7) is 0. The van der Waals surface area contributed by atoms with E-state index in [0.29, 0.717) is 18.4 Å². The van der Waals surface area contributed by atoms with Crippen molar-refractivity contribution in [2.45, 2.75) is 43.5 Å². The van der Waals surface area contributed by atoms with Crippen LogP contribution in [0.1, 0.15) is 34.3 Å². The molecule has 0 bridgehead atoms. The number of aryl methyl sites for hydroxylation is 1. The first kappa shape index (κ1) is 24.5. The van der Waals surface area contributed by atoms with Crippen molar-refractivity contribution in [3.8, 4) is 5.75 Å². The predicted molar refractivity (Wildman–Crippen MR) is 114 cm³/mol. The molecule has 0 radical (unpaired) electrons. The molecule has 2 aromatic rings. The maximum Gasteiger partial charge on any atom is 0.338 e. The number of alkyl halides is 2. The van der Waals surface area contributed by atoms with Crippen molar-refractivity contribution < 1.29 is 42.4 Å². The summed E-state index contributed by atoms with van der Waals surface area (Å²) in [7, 11) is 0. The van der Waals surface area contributed by atoms with Gasteiger partial charge in [-0.05, 0) is 36.6 Å². The number of rotatable bonds is 5. The summed E-state index contributed by atoms with van der Waals surface area (Å²) >= 11 is 5.73. The van der Waals surface area contributed by atoms with Crippen molar-refractivity contribution >= 4 is 17.6 Å². The van der Waals surface area contributed by atoms with Gasteiger partial charge in [0.25, 0.3) is 0 Å². The van der Waals surface area contributed by atoms with Gasteiger partial charge in [0, 0.05) is 18.3 Å². The number of carboxylic acids is 1. The minimum absolute atomic E-state index is 0.0570. The highest BCUT2D eigenvalue weighted by Crippen LogP contribution is 2.44. The maximum absolute atomic E-state index is 14.8. The molecule has 1 fully saturated rings. The summed E-state index contributed by atoms with van der Waals surface area (Å²) in [5.41, 5.74) is -1.20. The molecular weight excluding hydrogens is 480 g/mol. The molecule has 0 saturated heterocycles. The summed E-state index contributed by atoms with van der Waals surface area (Å²) in [5.74, 6) is -9.05. The van der Waals surface area contributed by atoms with Crippen molar-refractivity contribution in [2.24, 2.45) is 11.8 Å². The van der Waals surface area contributed by atoms with Crippen molar-refractivity contribution in [2.75, 3.05) is 0 Å². The molecule has 5 nitrogen and oxygen atoms in total. The van der Waals surface area contributed by atoms with E-state index in [2.05, 4.69) is 0 Å². The second kappa shape index (κ2) is 9.20. The Kier molecular flexibility index (Phi) is 6.63. The van der Waals surface area contributed by atoms with Gasteiger partial charge in [-0.2, -0.15) is 8.78 Å². The van der Waals surface area contributed by atoms with Crippen LogP contribution >= 0.6 is 11.6 Å². The van der Waals surface area contributed by atoms with Gasteiger partial charge in [0.05, 0.1) is 22.3 Å². The van der Waals surface area contributed by atoms with Gasteiger partial charge in [-0.3, -0.25) is 0 Å². The number of hydrogen-bond acceptors (Lipinski definition) is 4. The van der Waals surface area contributed by atoms with Crippen LogP contribution in [0.5, 0.6) is 5.75 Å². The SMILES string of the molecule is O=C(O)c1ccc2c(c1F)O[C@H]1C[C@@H](O)[C@H](/C=C/C(O)C(F)(F)c3c(F)cccc3Cl)[C@H]1CC2. The van der Waals surface area contributed by atoms with Gasteiger partial charge in [0.2, 0.25) is 0 Å². The number of fused-ring (bicyclic) bond motifs is 2. The monoisotopic (exact) mass is 500 g/mol. The number of carboxylic acid groups (broad SMARTS) is 1. The lowest BCUT2D eigenvalue weighted by atomic mass is 9.87. The second-order valence-electron chi connectivity index (χ2n) is 8.51. The third-order valence-electron chi connectivity index (χ3n) is 6.50. The van der Waals surface area contributed by atoms with Crippen LogP contribution in [-0.2, 0) is 12.3 Å². The molecule has 1 heterocycles. The van der Waals surface area contributed by atoms with Crippen molar-refractivity contribution in [3.63, 3.8) is 0 Å². The van der Waals surface area contributed by atoms with Crippen molar-refractivity contribution in [1.82, 2.24) is 0 Å². The first-order valence-electron chi connectivity index (χ1n) is 10.6. The van der Waals surface area contributed by atoms with E-state index in [0.717, 1.165) is 24.3 Å². The Labute approximate surface area is 197 Å². The van der Waals surface area contributed by atoms with Gasteiger partial charge in [-0.1, -0.05) is 35.9 Å². The summed E-state index contributed by atoms with van der Waals surface area (Å²) < 4.78 is 64.0. The number of ether oxygens (including phenoxy) is 1. The Morgan fingerprint density at radius 1 is 1.24 bits per heavy atom. The highest BCUT2D eigenvalue weighted by Gasteiger charge is 2.46. The molecule has 5 atom stereocenters. The van der Waals surface area contributed by atoms with E-state index in [1.807, 2.05) is 0 Å². The summed E-state index contributed by atoms with van der Waals surface area (Å²) in [5, 5.41) is 29.3. The molecule has 1 aliphatic heterocycles.